The van der Waals surface area contributed by atoms with Crippen LogP contribution in [-0.4, -0.2) is 14.5 Å². The molecule has 0 bridgehead atoms. The van der Waals surface area contributed by atoms with Crippen LogP contribution in [0.5, 0.6) is 0 Å². The maximum atomic E-state index is 5.34. The fraction of sp³-hybridized carbons (Fsp3) is 0. The molecule has 0 aliphatic carbocycles. The molecule has 9 aromatic carbocycles. The summed E-state index contributed by atoms with van der Waals surface area (Å²) in [7, 11) is 0. The second-order valence-electron chi connectivity index (χ2n) is 13.7. The SMILES string of the molecule is c1ccc(-c2ccc(-c3nc(-c4cccc5c(-n6c7ccc8ccccc8c7c7c8ccccc8ccc76)cccc45)nc4ccccc34)cc2)cc1. The van der Waals surface area contributed by atoms with Gasteiger partial charge in [-0.3, -0.25) is 0 Å². The lowest BCUT2D eigenvalue weighted by Gasteiger charge is -2.15. The third-order valence-electron chi connectivity index (χ3n) is 10.8. The van der Waals surface area contributed by atoms with Crippen LogP contribution in [0.3, 0.4) is 0 Å². The van der Waals surface area contributed by atoms with Crippen molar-refractivity contribution in [2.45, 2.75) is 0 Å². The highest BCUT2D eigenvalue weighted by atomic mass is 15.0. The molecule has 0 fully saturated rings. The summed E-state index contributed by atoms with van der Waals surface area (Å²) in [5.74, 6) is 0.716. The average Bonchev–Trinajstić information content (AvgIpc) is 3.58. The van der Waals surface area contributed by atoms with Crippen molar-refractivity contribution in [3.63, 3.8) is 0 Å². The highest BCUT2D eigenvalue weighted by molar-refractivity contribution is 6.28. The van der Waals surface area contributed by atoms with Crippen LogP contribution in [0.15, 0.2) is 188 Å². The fourth-order valence-electron chi connectivity index (χ4n) is 8.36. The molecule has 0 atom stereocenters. The number of nitrogens with zero attached hydrogens (tertiary/aromatic N) is 3. The Bertz CT molecular complexity index is 3120. The van der Waals surface area contributed by atoms with Gasteiger partial charge in [0.15, 0.2) is 5.82 Å². The summed E-state index contributed by atoms with van der Waals surface area (Å²) in [5.41, 5.74) is 9.82. The van der Waals surface area contributed by atoms with Gasteiger partial charge in [-0.25, -0.2) is 9.97 Å². The van der Waals surface area contributed by atoms with E-state index in [1.807, 2.05) is 0 Å². The van der Waals surface area contributed by atoms with E-state index in [0.717, 1.165) is 44.2 Å². The third kappa shape index (κ3) is 4.61. The molecule has 0 N–H and O–H groups in total. The summed E-state index contributed by atoms with van der Waals surface area (Å²) in [6.45, 7) is 0. The number of hydrogen-bond donors (Lipinski definition) is 0. The van der Waals surface area contributed by atoms with Crippen LogP contribution in [0.4, 0.5) is 0 Å². The van der Waals surface area contributed by atoms with Gasteiger partial charge in [-0.2, -0.15) is 0 Å². The predicted molar refractivity (Wildman–Crippen MR) is 223 cm³/mol. The largest absolute Gasteiger partial charge is 0.309 e. The van der Waals surface area contributed by atoms with Crippen molar-refractivity contribution in [1.82, 2.24) is 14.5 Å². The molecule has 3 heteroatoms. The van der Waals surface area contributed by atoms with Gasteiger partial charge in [-0.1, -0.05) is 164 Å². The highest BCUT2D eigenvalue weighted by Crippen LogP contribution is 2.42. The van der Waals surface area contributed by atoms with Crippen LogP contribution in [0, 0.1) is 0 Å². The monoisotopic (exact) mass is 673 g/mol. The number of hydrogen-bond acceptors (Lipinski definition) is 2. The number of benzene rings is 9. The molecular weight excluding hydrogens is 643 g/mol. The van der Waals surface area contributed by atoms with Gasteiger partial charge in [-0.15, -0.1) is 0 Å². The summed E-state index contributed by atoms with van der Waals surface area (Å²) in [6, 6.07) is 67.3. The van der Waals surface area contributed by atoms with Crippen LogP contribution < -0.4 is 0 Å². The minimum atomic E-state index is 0.716. The van der Waals surface area contributed by atoms with Gasteiger partial charge in [0.05, 0.1) is 27.9 Å². The highest BCUT2D eigenvalue weighted by Gasteiger charge is 2.20. The quantitative estimate of drug-likeness (QED) is 0.186. The average molecular weight is 674 g/mol. The summed E-state index contributed by atoms with van der Waals surface area (Å²) >= 11 is 0. The lowest BCUT2D eigenvalue weighted by molar-refractivity contribution is 1.20. The molecule has 2 aromatic heterocycles. The number of para-hydroxylation sites is 1. The molecular formula is C50H31N3. The van der Waals surface area contributed by atoms with E-state index < -0.39 is 0 Å². The Morgan fingerprint density at radius 3 is 1.60 bits per heavy atom. The van der Waals surface area contributed by atoms with Crippen LogP contribution in [0.25, 0.3) is 104 Å². The molecule has 2 heterocycles. The van der Waals surface area contributed by atoms with Gasteiger partial charge in [0.1, 0.15) is 0 Å². The molecule has 0 amide bonds. The lowest BCUT2D eigenvalue weighted by Crippen LogP contribution is -1.98. The standard InChI is InChI=1S/C50H31N3/c1-2-12-32(13-3-1)33-24-26-36(27-25-33)49-42-18-8-9-22-43(42)51-50(52-49)41-21-10-20-40-39(41)19-11-23-44(40)53-45-30-28-34-14-4-6-16-37(34)47(45)48-38-17-7-5-15-35(38)29-31-46(48)53/h1-31H. The molecule has 0 saturated carbocycles. The predicted octanol–water partition coefficient (Wildman–Crippen LogP) is 13.2. The van der Waals surface area contributed by atoms with E-state index in [-0.39, 0.29) is 0 Å². The van der Waals surface area contributed by atoms with E-state index >= 15 is 0 Å². The van der Waals surface area contributed by atoms with Crippen molar-refractivity contribution in [3.8, 4) is 39.5 Å². The Morgan fingerprint density at radius 1 is 0.340 bits per heavy atom. The van der Waals surface area contributed by atoms with Crippen LogP contribution in [0.1, 0.15) is 0 Å². The van der Waals surface area contributed by atoms with Gasteiger partial charge in [-0.05, 0) is 62.3 Å². The lowest BCUT2D eigenvalue weighted by atomic mass is 9.99. The zero-order chi connectivity index (χ0) is 34.9. The Kier molecular flexibility index (Phi) is 6.55. The third-order valence-corrected chi connectivity index (χ3v) is 10.8. The van der Waals surface area contributed by atoms with E-state index in [1.165, 1.54) is 54.5 Å². The first-order chi connectivity index (χ1) is 26.3. The topological polar surface area (TPSA) is 30.7 Å². The zero-order valence-corrected chi connectivity index (χ0v) is 28.7. The Labute approximate surface area is 306 Å². The van der Waals surface area contributed by atoms with Crippen LogP contribution in [0.2, 0.25) is 0 Å². The Balaban J connectivity index is 1.15. The first-order valence-corrected chi connectivity index (χ1v) is 18.1. The van der Waals surface area contributed by atoms with E-state index in [4.69, 9.17) is 9.97 Å². The minimum Gasteiger partial charge on any atom is -0.309 e. The van der Waals surface area contributed by atoms with Gasteiger partial charge in [0.2, 0.25) is 0 Å². The Hall–Kier alpha value is -7.10. The molecule has 0 saturated heterocycles. The van der Waals surface area contributed by atoms with E-state index in [1.54, 1.807) is 0 Å². The minimum absolute atomic E-state index is 0.716. The molecule has 0 radical (unpaired) electrons. The Morgan fingerprint density at radius 2 is 0.887 bits per heavy atom. The summed E-state index contributed by atoms with van der Waals surface area (Å²) in [5, 5.41) is 10.9. The van der Waals surface area contributed by atoms with Crippen molar-refractivity contribution < 1.29 is 0 Å². The maximum Gasteiger partial charge on any atom is 0.161 e. The molecule has 246 valence electrons. The molecule has 0 aliphatic heterocycles. The van der Waals surface area contributed by atoms with Crippen LogP contribution >= 0.6 is 0 Å². The van der Waals surface area contributed by atoms with E-state index in [9.17, 15) is 0 Å². The van der Waals surface area contributed by atoms with Crippen LogP contribution in [-0.2, 0) is 0 Å². The molecule has 53 heavy (non-hydrogen) atoms. The van der Waals surface area contributed by atoms with Gasteiger partial charge in [0.25, 0.3) is 0 Å². The van der Waals surface area contributed by atoms with Gasteiger partial charge in [0, 0.05) is 32.7 Å². The molecule has 3 nitrogen and oxygen atoms in total. The normalized spacial score (nSPS) is 11.8. The van der Waals surface area contributed by atoms with E-state index in [2.05, 4.69) is 193 Å². The molecule has 0 spiro atoms. The van der Waals surface area contributed by atoms with Crippen molar-refractivity contribution in [1.29, 1.82) is 0 Å². The van der Waals surface area contributed by atoms with Crippen molar-refractivity contribution >= 4 is 65.0 Å². The number of aromatic nitrogens is 3. The first kappa shape index (κ1) is 29.6. The summed E-state index contributed by atoms with van der Waals surface area (Å²) in [6.07, 6.45) is 0. The number of rotatable bonds is 4. The van der Waals surface area contributed by atoms with Crippen molar-refractivity contribution in [2.75, 3.05) is 0 Å². The maximum absolute atomic E-state index is 5.34. The van der Waals surface area contributed by atoms with Crippen molar-refractivity contribution in [3.05, 3.63) is 188 Å². The van der Waals surface area contributed by atoms with Crippen molar-refractivity contribution in [2.24, 2.45) is 0 Å². The van der Waals surface area contributed by atoms with Gasteiger partial charge < -0.3 is 4.57 Å². The zero-order valence-electron chi connectivity index (χ0n) is 28.7. The molecule has 0 unspecified atom stereocenters. The summed E-state index contributed by atoms with van der Waals surface area (Å²) < 4.78 is 2.45. The fourth-order valence-corrected chi connectivity index (χ4v) is 8.36. The number of fused-ring (bicyclic) bond motifs is 9. The summed E-state index contributed by atoms with van der Waals surface area (Å²) in [4.78, 5) is 10.5. The molecule has 0 aliphatic rings. The van der Waals surface area contributed by atoms with Gasteiger partial charge >= 0.3 is 0 Å². The molecule has 11 rings (SSSR count). The first-order valence-electron chi connectivity index (χ1n) is 18.1. The van der Waals surface area contributed by atoms with E-state index in [0.29, 0.717) is 5.82 Å². The smallest absolute Gasteiger partial charge is 0.161 e. The second kappa shape index (κ2) is 11.7. The molecule has 11 aromatic rings. The second-order valence-corrected chi connectivity index (χ2v) is 13.7.